The van der Waals surface area contributed by atoms with Crippen molar-refractivity contribution in [1.29, 1.82) is 0 Å². The van der Waals surface area contributed by atoms with Crippen molar-refractivity contribution in [1.82, 2.24) is 0 Å². The van der Waals surface area contributed by atoms with Gasteiger partial charge in [-0.3, -0.25) is 14.9 Å². The van der Waals surface area contributed by atoms with E-state index in [9.17, 15) is 14.9 Å². The zero-order chi connectivity index (χ0) is 16.8. The molecular formula is C16H13BrN2O4. The molecule has 0 fully saturated rings. The lowest BCUT2D eigenvalue weighted by Gasteiger charge is -2.08. The molecule has 0 heterocycles. The molecule has 0 bridgehead atoms. The second-order valence-electron chi connectivity index (χ2n) is 4.52. The van der Waals surface area contributed by atoms with Crippen LogP contribution in [0.15, 0.2) is 53.0 Å². The van der Waals surface area contributed by atoms with Gasteiger partial charge in [0.05, 0.1) is 17.7 Å². The van der Waals surface area contributed by atoms with Gasteiger partial charge >= 0.3 is 0 Å². The summed E-state index contributed by atoms with van der Waals surface area (Å²) in [6.45, 7) is 0. The first-order valence-electron chi connectivity index (χ1n) is 6.56. The molecule has 7 heteroatoms. The summed E-state index contributed by atoms with van der Waals surface area (Å²) in [7, 11) is 1.43. The number of benzene rings is 2. The minimum atomic E-state index is -0.535. The van der Waals surface area contributed by atoms with Gasteiger partial charge in [-0.2, -0.15) is 0 Å². The fourth-order valence-electron chi connectivity index (χ4n) is 1.83. The Bertz CT molecular complexity index is 757. The smallest absolute Gasteiger partial charge is 0.271 e. The minimum absolute atomic E-state index is 0.127. The van der Waals surface area contributed by atoms with Crippen LogP contribution in [-0.2, 0) is 4.79 Å². The molecule has 1 N–H and O–H groups in total. The Morgan fingerprint density at radius 3 is 2.57 bits per heavy atom. The van der Waals surface area contributed by atoms with Gasteiger partial charge in [0.25, 0.3) is 5.69 Å². The first-order valence-corrected chi connectivity index (χ1v) is 7.36. The first-order chi connectivity index (χ1) is 11.0. The van der Waals surface area contributed by atoms with E-state index >= 15 is 0 Å². The molecule has 0 saturated heterocycles. The van der Waals surface area contributed by atoms with E-state index in [1.54, 1.807) is 6.08 Å². The average molecular weight is 377 g/mol. The summed E-state index contributed by atoms with van der Waals surface area (Å²) in [6, 6.07) is 11.4. The molecule has 1 amide bonds. The van der Waals surface area contributed by atoms with Gasteiger partial charge in [0, 0.05) is 22.7 Å². The number of hydrogen-bond acceptors (Lipinski definition) is 4. The third-order valence-electron chi connectivity index (χ3n) is 2.95. The first kappa shape index (κ1) is 16.7. The van der Waals surface area contributed by atoms with Crippen molar-refractivity contribution in [2.75, 3.05) is 12.4 Å². The number of methoxy groups -OCH3 is 1. The van der Waals surface area contributed by atoms with Crippen LogP contribution in [0.3, 0.4) is 0 Å². The Morgan fingerprint density at radius 1 is 1.26 bits per heavy atom. The van der Waals surface area contributed by atoms with Crippen molar-refractivity contribution in [3.8, 4) is 5.75 Å². The largest absolute Gasteiger partial charge is 0.495 e. The van der Waals surface area contributed by atoms with E-state index in [-0.39, 0.29) is 11.4 Å². The molecule has 0 radical (unpaired) electrons. The number of hydrogen-bond donors (Lipinski definition) is 1. The van der Waals surface area contributed by atoms with Crippen molar-refractivity contribution in [3.05, 3.63) is 68.7 Å². The topological polar surface area (TPSA) is 81.5 Å². The molecule has 0 aliphatic carbocycles. The van der Waals surface area contributed by atoms with Crippen LogP contribution in [-0.4, -0.2) is 17.9 Å². The number of nitrogens with zero attached hydrogens (tertiary/aromatic N) is 1. The third-order valence-corrected chi connectivity index (χ3v) is 3.48. The highest BCUT2D eigenvalue weighted by Gasteiger charge is 2.12. The van der Waals surface area contributed by atoms with Gasteiger partial charge < -0.3 is 10.1 Å². The van der Waals surface area contributed by atoms with E-state index in [4.69, 9.17) is 4.74 Å². The van der Waals surface area contributed by atoms with Crippen molar-refractivity contribution < 1.29 is 14.5 Å². The Hall–Kier alpha value is -2.67. The molecule has 0 aliphatic heterocycles. The highest BCUT2D eigenvalue weighted by Crippen LogP contribution is 2.28. The number of non-ortho nitro benzene ring substituents is 1. The molecule has 0 aliphatic rings. The quantitative estimate of drug-likeness (QED) is 0.485. The van der Waals surface area contributed by atoms with Gasteiger partial charge in [-0.05, 0) is 29.8 Å². The van der Waals surface area contributed by atoms with Crippen LogP contribution in [0.4, 0.5) is 11.4 Å². The van der Waals surface area contributed by atoms with E-state index < -0.39 is 10.8 Å². The Kier molecular flexibility index (Phi) is 5.48. The molecule has 0 spiro atoms. The Morgan fingerprint density at radius 2 is 1.96 bits per heavy atom. The predicted molar refractivity (Wildman–Crippen MR) is 91.5 cm³/mol. The summed E-state index contributed by atoms with van der Waals surface area (Å²) in [5, 5.41) is 13.4. The molecule has 23 heavy (non-hydrogen) atoms. The van der Waals surface area contributed by atoms with Gasteiger partial charge in [-0.1, -0.05) is 28.1 Å². The normalized spacial score (nSPS) is 10.5. The van der Waals surface area contributed by atoms with Crippen LogP contribution >= 0.6 is 15.9 Å². The summed E-state index contributed by atoms with van der Waals surface area (Å²) in [6.07, 6.45) is 2.99. The van der Waals surface area contributed by atoms with Crippen LogP contribution in [0.2, 0.25) is 0 Å². The SMILES string of the molecule is COc1ccc([N+](=O)[O-])cc1NC(=O)C=Cc1ccc(Br)cc1. The van der Waals surface area contributed by atoms with Crippen molar-refractivity contribution in [2.45, 2.75) is 0 Å². The molecule has 0 saturated carbocycles. The maximum Gasteiger partial charge on any atom is 0.271 e. The second-order valence-corrected chi connectivity index (χ2v) is 5.43. The van der Waals surface area contributed by atoms with Crippen LogP contribution in [0, 0.1) is 10.1 Å². The maximum atomic E-state index is 12.0. The summed E-state index contributed by atoms with van der Waals surface area (Å²) in [5.41, 5.74) is 0.972. The zero-order valence-corrected chi connectivity index (χ0v) is 13.7. The number of carbonyl (C=O) groups excluding carboxylic acids is 1. The fraction of sp³-hybridized carbons (Fsp3) is 0.0625. The molecule has 2 rings (SSSR count). The lowest BCUT2D eigenvalue weighted by atomic mass is 10.2. The molecule has 0 atom stereocenters. The summed E-state index contributed by atoms with van der Waals surface area (Å²) in [5.74, 6) is -0.0623. The number of amides is 1. The minimum Gasteiger partial charge on any atom is -0.495 e. The van der Waals surface area contributed by atoms with Gasteiger partial charge in [0.1, 0.15) is 5.75 Å². The van der Waals surface area contributed by atoms with Crippen LogP contribution in [0.25, 0.3) is 6.08 Å². The average Bonchev–Trinajstić information content (AvgIpc) is 2.54. The van der Waals surface area contributed by atoms with Gasteiger partial charge in [-0.25, -0.2) is 0 Å². The number of anilines is 1. The number of nitrogens with one attached hydrogen (secondary N) is 1. The van der Waals surface area contributed by atoms with Crippen molar-refractivity contribution in [2.24, 2.45) is 0 Å². The molecule has 2 aromatic rings. The van der Waals surface area contributed by atoms with Gasteiger partial charge in [-0.15, -0.1) is 0 Å². The molecule has 2 aromatic carbocycles. The Labute approximate surface area is 141 Å². The van der Waals surface area contributed by atoms with E-state index in [0.29, 0.717) is 5.75 Å². The summed E-state index contributed by atoms with van der Waals surface area (Å²) >= 11 is 3.33. The summed E-state index contributed by atoms with van der Waals surface area (Å²) in [4.78, 5) is 22.2. The highest BCUT2D eigenvalue weighted by atomic mass is 79.9. The van der Waals surface area contributed by atoms with E-state index in [0.717, 1.165) is 10.0 Å². The second kappa shape index (κ2) is 7.55. The fourth-order valence-corrected chi connectivity index (χ4v) is 2.09. The number of rotatable bonds is 5. The predicted octanol–water partition coefficient (Wildman–Crippen LogP) is 4.02. The molecule has 6 nitrogen and oxygen atoms in total. The lowest BCUT2D eigenvalue weighted by Crippen LogP contribution is -2.09. The van der Waals surface area contributed by atoms with E-state index in [2.05, 4.69) is 21.2 Å². The number of halogens is 1. The van der Waals surface area contributed by atoms with Crippen LogP contribution in [0.5, 0.6) is 5.75 Å². The number of nitro benzene ring substituents is 1. The highest BCUT2D eigenvalue weighted by molar-refractivity contribution is 9.10. The lowest BCUT2D eigenvalue weighted by molar-refractivity contribution is -0.384. The number of ether oxygens (including phenoxy) is 1. The molecule has 0 unspecified atom stereocenters. The van der Waals surface area contributed by atoms with E-state index in [1.165, 1.54) is 31.4 Å². The monoisotopic (exact) mass is 376 g/mol. The third kappa shape index (κ3) is 4.65. The van der Waals surface area contributed by atoms with Gasteiger partial charge in [0.2, 0.25) is 5.91 Å². The van der Waals surface area contributed by atoms with Crippen molar-refractivity contribution in [3.63, 3.8) is 0 Å². The van der Waals surface area contributed by atoms with Crippen LogP contribution in [0.1, 0.15) is 5.56 Å². The number of nitro groups is 1. The Balaban J connectivity index is 2.14. The van der Waals surface area contributed by atoms with Gasteiger partial charge in [0.15, 0.2) is 0 Å². The van der Waals surface area contributed by atoms with Crippen molar-refractivity contribution >= 4 is 39.3 Å². The summed E-state index contributed by atoms with van der Waals surface area (Å²) < 4.78 is 6.04. The molecule has 118 valence electrons. The standard InChI is InChI=1S/C16H13BrN2O4/c1-23-15-8-7-13(19(21)22)10-14(15)18-16(20)9-4-11-2-5-12(17)6-3-11/h2-10H,1H3,(H,18,20). The maximum absolute atomic E-state index is 12.0. The zero-order valence-electron chi connectivity index (χ0n) is 12.2. The molecular weight excluding hydrogens is 364 g/mol. The number of carbonyl (C=O) groups is 1. The van der Waals surface area contributed by atoms with E-state index in [1.807, 2.05) is 24.3 Å². The van der Waals surface area contributed by atoms with Crippen LogP contribution < -0.4 is 10.1 Å². The molecule has 0 aromatic heterocycles.